The second-order valence-electron chi connectivity index (χ2n) is 5.33. The van der Waals surface area contributed by atoms with Crippen LogP contribution in [0.25, 0.3) is 0 Å². The molecular formula is C19H22ClNO3S2. The second kappa shape index (κ2) is 11.3. The number of ether oxygens (including phenoxy) is 2. The topological polar surface area (TPSA) is 47.6 Å². The smallest absolute Gasteiger partial charge is 0.230 e. The van der Waals surface area contributed by atoms with Crippen LogP contribution < -0.4 is 14.8 Å². The van der Waals surface area contributed by atoms with E-state index in [9.17, 15) is 4.79 Å². The van der Waals surface area contributed by atoms with E-state index in [1.807, 2.05) is 42.5 Å². The fourth-order valence-electron chi connectivity index (χ4n) is 2.14. The summed E-state index contributed by atoms with van der Waals surface area (Å²) in [4.78, 5) is 12.9. The highest BCUT2D eigenvalue weighted by atomic mass is 35.5. The molecule has 0 heterocycles. The van der Waals surface area contributed by atoms with Gasteiger partial charge in [0.25, 0.3) is 0 Å². The molecule has 0 atom stereocenters. The Hall–Kier alpha value is -1.50. The van der Waals surface area contributed by atoms with Crippen molar-refractivity contribution in [3.63, 3.8) is 0 Å². The fraction of sp³-hybridized carbons (Fsp3) is 0.316. The Kier molecular flexibility index (Phi) is 9.01. The van der Waals surface area contributed by atoms with Gasteiger partial charge in [0.2, 0.25) is 5.91 Å². The Morgan fingerprint density at radius 1 is 1.08 bits per heavy atom. The number of carbonyl (C=O) groups excluding carboxylic acids is 1. The zero-order valence-corrected chi connectivity index (χ0v) is 17.2. The number of hydrogen-bond donors (Lipinski definition) is 1. The molecule has 7 heteroatoms. The molecule has 26 heavy (non-hydrogen) atoms. The standard InChI is InChI=1S/C19H22ClNO3S2/c1-23-17-8-7-16(11-18(17)24-2)26-13-19(22)21-9-10-25-12-14-3-5-15(20)6-4-14/h3-8,11H,9-10,12-13H2,1-2H3,(H,21,22). The molecule has 0 unspecified atom stereocenters. The van der Waals surface area contributed by atoms with Crippen LogP contribution in [0.4, 0.5) is 0 Å². The summed E-state index contributed by atoms with van der Waals surface area (Å²) in [7, 11) is 3.20. The van der Waals surface area contributed by atoms with Crippen LogP contribution in [0, 0.1) is 0 Å². The minimum absolute atomic E-state index is 0.0249. The quantitative estimate of drug-likeness (QED) is 0.460. The number of amides is 1. The summed E-state index contributed by atoms with van der Waals surface area (Å²) in [5.41, 5.74) is 1.23. The van der Waals surface area contributed by atoms with E-state index in [2.05, 4.69) is 5.32 Å². The molecular weight excluding hydrogens is 390 g/mol. The maximum atomic E-state index is 12.0. The van der Waals surface area contributed by atoms with Gasteiger partial charge in [-0.25, -0.2) is 0 Å². The van der Waals surface area contributed by atoms with Crippen molar-refractivity contribution < 1.29 is 14.3 Å². The van der Waals surface area contributed by atoms with Crippen molar-refractivity contribution in [3.8, 4) is 11.5 Å². The lowest BCUT2D eigenvalue weighted by atomic mass is 10.2. The third kappa shape index (κ3) is 7.02. The highest BCUT2D eigenvalue weighted by molar-refractivity contribution is 8.00. The van der Waals surface area contributed by atoms with Crippen LogP contribution in [0.2, 0.25) is 5.02 Å². The zero-order chi connectivity index (χ0) is 18.8. The number of rotatable bonds is 10. The van der Waals surface area contributed by atoms with Crippen molar-refractivity contribution in [1.29, 1.82) is 0 Å². The van der Waals surface area contributed by atoms with E-state index in [0.29, 0.717) is 23.8 Å². The summed E-state index contributed by atoms with van der Waals surface area (Å²) >= 11 is 9.12. The van der Waals surface area contributed by atoms with Gasteiger partial charge in [-0.2, -0.15) is 11.8 Å². The van der Waals surface area contributed by atoms with Gasteiger partial charge in [-0.3, -0.25) is 4.79 Å². The SMILES string of the molecule is COc1ccc(SCC(=O)NCCSCc2ccc(Cl)cc2)cc1OC. The predicted octanol–water partition coefficient (Wildman–Crippen LogP) is 4.50. The van der Waals surface area contributed by atoms with Crippen LogP contribution in [0.5, 0.6) is 11.5 Å². The molecule has 0 aliphatic heterocycles. The van der Waals surface area contributed by atoms with Crippen LogP contribution in [-0.2, 0) is 10.5 Å². The largest absolute Gasteiger partial charge is 0.493 e. The monoisotopic (exact) mass is 411 g/mol. The average molecular weight is 412 g/mol. The summed E-state index contributed by atoms with van der Waals surface area (Å²) in [6.45, 7) is 0.656. The van der Waals surface area contributed by atoms with Crippen molar-refractivity contribution >= 4 is 41.0 Å². The van der Waals surface area contributed by atoms with E-state index in [0.717, 1.165) is 21.4 Å². The molecule has 4 nitrogen and oxygen atoms in total. The number of halogens is 1. The second-order valence-corrected chi connectivity index (χ2v) is 7.92. The van der Waals surface area contributed by atoms with Crippen LogP contribution in [0.15, 0.2) is 47.4 Å². The van der Waals surface area contributed by atoms with E-state index in [1.54, 1.807) is 26.0 Å². The first-order valence-corrected chi connectivity index (χ1v) is 10.6. The molecule has 2 rings (SSSR count). The zero-order valence-electron chi connectivity index (χ0n) is 14.8. The summed E-state index contributed by atoms with van der Waals surface area (Å²) in [6, 6.07) is 13.5. The van der Waals surface area contributed by atoms with Crippen LogP contribution in [0.1, 0.15) is 5.56 Å². The first kappa shape index (κ1) is 20.8. The molecule has 0 radical (unpaired) electrons. The van der Waals surface area contributed by atoms with Crippen molar-refractivity contribution in [3.05, 3.63) is 53.1 Å². The van der Waals surface area contributed by atoms with Gasteiger partial charge in [-0.05, 0) is 35.9 Å². The fourth-order valence-corrected chi connectivity index (χ4v) is 3.84. The van der Waals surface area contributed by atoms with Gasteiger partial charge >= 0.3 is 0 Å². The van der Waals surface area contributed by atoms with Crippen LogP contribution >= 0.6 is 35.1 Å². The van der Waals surface area contributed by atoms with Crippen molar-refractivity contribution in [2.24, 2.45) is 0 Å². The summed E-state index contributed by atoms with van der Waals surface area (Å²) < 4.78 is 10.5. The lowest BCUT2D eigenvalue weighted by Gasteiger charge is -2.09. The Balaban J connectivity index is 1.63. The molecule has 140 valence electrons. The van der Waals surface area contributed by atoms with Gasteiger partial charge in [-0.15, -0.1) is 11.8 Å². The van der Waals surface area contributed by atoms with Crippen molar-refractivity contribution in [2.75, 3.05) is 32.3 Å². The lowest BCUT2D eigenvalue weighted by molar-refractivity contribution is -0.118. The number of hydrogen-bond acceptors (Lipinski definition) is 5. The molecule has 1 N–H and O–H groups in total. The maximum Gasteiger partial charge on any atom is 0.230 e. The minimum Gasteiger partial charge on any atom is -0.493 e. The first-order valence-electron chi connectivity index (χ1n) is 8.06. The number of benzene rings is 2. The number of thioether (sulfide) groups is 2. The normalized spacial score (nSPS) is 10.4. The molecule has 0 aliphatic carbocycles. The number of methoxy groups -OCH3 is 2. The number of carbonyl (C=O) groups is 1. The molecule has 0 bridgehead atoms. The van der Waals surface area contributed by atoms with Crippen molar-refractivity contribution in [1.82, 2.24) is 5.32 Å². The van der Waals surface area contributed by atoms with Crippen molar-refractivity contribution in [2.45, 2.75) is 10.6 Å². The minimum atomic E-state index is 0.0249. The molecule has 0 aromatic heterocycles. The van der Waals surface area contributed by atoms with Crippen LogP contribution in [0.3, 0.4) is 0 Å². The summed E-state index contributed by atoms with van der Waals surface area (Å²) in [5, 5.41) is 3.69. The van der Waals surface area contributed by atoms with Gasteiger partial charge in [0.05, 0.1) is 20.0 Å². The summed E-state index contributed by atoms with van der Waals surface area (Å²) in [5.74, 6) is 3.52. The Morgan fingerprint density at radius 3 is 2.50 bits per heavy atom. The molecule has 0 aliphatic rings. The highest BCUT2D eigenvalue weighted by Gasteiger charge is 2.07. The van der Waals surface area contributed by atoms with Crippen LogP contribution in [-0.4, -0.2) is 38.2 Å². The Bertz CT molecular complexity index is 710. The molecule has 2 aromatic rings. The van der Waals surface area contributed by atoms with Gasteiger partial charge < -0.3 is 14.8 Å². The van der Waals surface area contributed by atoms with Gasteiger partial charge in [-0.1, -0.05) is 23.7 Å². The van der Waals surface area contributed by atoms with Gasteiger partial charge in [0, 0.05) is 28.0 Å². The third-order valence-electron chi connectivity index (χ3n) is 3.48. The Labute approximate surface area is 168 Å². The molecule has 0 spiro atoms. The summed E-state index contributed by atoms with van der Waals surface area (Å²) in [6.07, 6.45) is 0. The first-order chi connectivity index (χ1) is 12.6. The molecule has 2 aromatic carbocycles. The van der Waals surface area contributed by atoms with E-state index in [-0.39, 0.29) is 5.91 Å². The van der Waals surface area contributed by atoms with E-state index < -0.39 is 0 Å². The lowest BCUT2D eigenvalue weighted by Crippen LogP contribution is -2.27. The molecule has 0 saturated carbocycles. The molecule has 1 amide bonds. The van der Waals surface area contributed by atoms with Gasteiger partial charge in [0.1, 0.15) is 0 Å². The maximum absolute atomic E-state index is 12.0. The van der Waals surface area contributed by atoms with E-state index in [1.165, 1.54) is 17.3 Å². The average Bonchev–Trinajstić information content (AvgIpc) is 2.67. The predicted molar refractivity (Wildman–Crippen MR) is 111 cm³/mol. The third-order valence-corrected chi connectivity index (χ3v) is 5.75. The molecule has 0 fully saturated rings. The number of nitrogens with one attached hydrogen (secondary N) is 1. The van der Waals surface area contributed by atoms with E-state index >= 15 is 0 Å². The van der Waals surface area contributed by atoms with Gasteiger partial charge in [0.15, 0.2) is 11.5 Å². The van der Waals surface area contributed by atoms with E-state index in [4.69, 9.17) is 21.1 Å². The Morgan fingerprint density at radius 2 is 1.81 bits per heavy atom. The highest BCUT2D eigenvalue weighted by Crippen LogP contribution is 2.31. The molecule has 0 saturated heterocycles.